The molecule has 1 fully saturated rings. The van der Waals surface area contributed by atoms with Crippen molar-refractivity contribution < 1.29 is 0 Å². The summed E-state index contributed by atoms with van der Waals surface area (Å²) in [6.07, 6.45) is 6.46. The Hall–Kier alpha value is -0.800. The third-order valence-corrected chi connectivity index (χ3v) is 3.58. The third-order valence-electron chi connectivity index (χ3n) is 3.35. The van der Waals surface area contributed by atoms with Gasteiger partial charge in [0.25, 0.3) is 0 Å². The molecule has 0 aromatic carbocycles. The van der Waals surface area contributed by atoms with Crippen LogP contribution in [0.5, 0.6) is 0 Å². The fourth-order valence-corrected chi connectivity index (χ4v) is 2.48. The molecule has 2 N–H and O–H groups in total. The molecule has 0 bridgehead atoms. The monoisotopic (exact) mass is 239 g/mol. The maximum atomic E-state index is 6.15. The van der Waals surface area contributed by atoms with E-state index in [1.165, 1.54) is 12.8 Å². The highest BCUT2D eigenvalue weighted by atomic mass is 35.5. The Kier molecular flexibility index (Phi) is 3.66. The number of halogens is 1. The van der Waals surface area contributed by atoms with Gasteiger partial charge in [-0.2, -0.15) is 0 Å². The molecular weight excluding hydrogens is 222 g/mol. The predicted octanol–water partition coefficient (Wildman–Crippen LogP) is 2.44. The largest absolute Gasteiger partial charge is 0.355 e. The first-order valence-corrected chi connectivity index (χ1v) is 6.16. The van der Waals surface area contributed by atoms with Crippen molar-refractivity contribution in [3.05, 3.63) is 23.4 Å². The fraction of sp³-hybridized carbons (Fsp3) is 0.583. The van der Waals surface area contributed by atoms with E-state index in [2.05, 4.69) is 16.9 Å². The molecule has 1 aromatic rings. The lowest BCUT2D eigenvalue weighted by Crippen LogP contribution is -2.48. The number of nitrogens with zero attached hydrogens (tertiary/aromatic N) is 2. The zero-order chi connectivity index (χ0) is 11.5. The van der Waals surface area contributed by atoms with Crippen molar-refractivity contribution in [2.75, 3.05) is 11.9 Å². The minimum Gasteiger partial charge on any atom is -0.355 e. The van der Waals surface area contributed by atoms with Gasteiger partial charge in [-0.05, 0) is 25.0 Å². The van der Waals surface area contributed by atoms with Crippen molar-refractivity contribution in [3.63, 3.8) is 0 Å². The van der Waals surface area contributed by atoms with E-state index in [0.29, 0.717) is 11.1 Å². The summed E-state index contributed by atoms with van der Waals surface area (Å²) < 4.78 is 0. The summed E-state index contributed by atoms with van der Waals surface area (Å²) in [4.78, 5) is 6.51. The summed E-state index contributed by atoms with van der Waals surface area (Å²) in [5.41, 5.74) is 6.15. The third kappa shape index (κ3) is 2.47. The Balaban J connectivity index is 2.11. The molecule has 88 valence electrons. The molecule has 1 aromatic heterocycles. The Morgan fingerprint density at radius 2 is 2.12 bits per heavy atom. The van der Waals surface area contributed by atoms with Gasteiger partial charge < -0.3 is 10.6 Å². The summed E-state index contributed by atoms with van der Waals surface area (Å²) in [5.74, 6) is 0.951. The molecule has 1 saturated carbocycles. The molecular formula is C12H18ClN3. The Morgan fingerprint density at radius 1 is 1.38 bits per heavy atom. The van der Waals surface area contributed by atoms with Crippen LogP contribution in [0.1, 0.15) is 25.7 Å². The molecule has 2 unspecified atom stereocenters. The number of rotatable bonds is 2. The molecule has 2 rings (SSSR count). The van der Waals surface area contributed by atoms with Crippen LogP contribution in [0.4, 0.5) is 5.82 Å². The van der Waals surface area contributed by atoms with Gasteiger partial charge >= 0.3 is 0 Å². The smallest absolute Gasteiger partial charge is 0.128 e. The molecule has 0 spiro atoms. The lowest BCUT2D eigenvalue weighted by atomic mass is 9.90. The second-order valence-corrected chi connectivity index (χ2v) is 4.90. The standard InChI is InChI=1S/C12H18ClN3/c1-16(11-5-3-2-4-10(11)14)12-7-6-9(13)8-15-12/h6-8,10-11H,2-5,14H2,1H3. The normalized spacial score (nSPS) is 25.4. The van der Waals surface area contributed by atoms with Gasteiger partial charge in [0.2, 0.25) is 0 Å². The van der Waals surface area contributed by atoms with Crippen molar-refractivity contribution in [3.8, 4) is 0 Å². The van der Waals surface area contributed by atoms with E-state index in [1.54, 1.807) is 6.20 Å². The van der Waals surface area contributed by atoms with Gasteiger partial charge in [-0.25, -0.2) is 4.98 Å². The van der Waals surface area contributed by atoms with Gasteiger partial charge in [0.1, 0.15) is 5.82 Å². The lowest BCUT2D eigenvalue weighted by molar-refractivity contribution is 0.372. The molecule has 4 heteroatoms. The number of nitrogens with two attached hydrogens (primary N) is 1. The molecule has 2 atom stereocenters. The van der Waals surface area contributed by atoms with Crippen molar-refractivity contribution in [2.45, 2.75) is 37.8 Å². The first-order chi connectivity index (χ1) is 7.68. The lowest BCUT2D eigenvalue weighted by Gasteiger charge is -2.36. The maximum absolute atomic E-state index is 6.15. The molecule has 0 aliphatic heterocycles. The van der Waals surface area contributed by atoms with Crippen LogP contribution in [0.15, 0.2) is 18.3 Å². The SMILES string of the molecule is CN(c1ccc(Cl)cn1)C1CCCCC1N. The number of anilines is 1. The second-order valence-electron chi connectivity index (χ2n) is 4.46. The molecule has 1 heterocycles. The zero-order valence-corrected chi connectivity index (χ0v) is 10.3. The fourth-order valence-electron chi connectivity index (χ4n) is 2.37. The van der Waals surface area contributed by atoms with E-state index in [1.807, 2.05) is 12.1 Å². The van der Waals surface area contributed by atoms with Crippen LogP contribution >= 0.6 is 11.6 Å². The van der Waals surface area contributed by atoms with E-state index >= 15 is 0 Å². The summed E-state index contributed by atoms with van der Waals surface area (Å²) >= 11 is 5.83. The minimum atomic E-state index is 0.260. The second kappa shape index (κ2) is 5.02. The van der Waals surface area contributed by atoms with Crippen LogP contribution < -0.4 is 10.6 Å². The highest BCUT2D eigenvalue weighted by Gasteiger charge is 2.25. The van der Waals surface area contributed by atoms with Crippen molar-refractivity contribution in [1.29, 1.82) is 0 Å². The minimum absolute atomic E-state index is 0.260. The van der Waals surface area contributed by atoms with Crippen molar-refractivity contribution in [1.82, 2.24) is 4.98 Å². The summed E-state index contributed by atoms with van der Waals surface area (Å²) in [7, 11) is 2.06. The van der Waals surface area contributed by atoms with Gasteiger partial charge in [0.15, 0.2) is 0 Å². The quantitative estimate of drug-likeness (QED) is 0.862. The summed E-state index contributed by atoms with van der Waals surface area (Å²) in [6.45, 7) is 0. The van der Waals surface area contributed by atoms with Crippen LogP contribution in [-0.2, 0) is 0 Å². The summed E-state index contributed by atoms with van der Waals surface area (Å²) in [6, 6.07) is 4.48. The van der Waals surface area contributed by atoms with E-state index in [0.717, 1.165) is 18.7 Å². The van der Waals surface area contributed by atoms with Gasteiger partial charge in [-0.3, -0.25) is 0 Å². The first kappa shape index (κ1) is 11.7. The van der Waals surface area contributed by atoms with Crippen molar-refractivity contribution in [2.24, 2.45) is 5.73 Å². The average molecular weight is 240 g/mol. The van der Waals surface area contributed by atoms with Gasteiger partial charge in [0, 0.05) is 25.3 Å². The van der Waals surface area contributed by atoms with Crippen LogP contribution in [-0.4, -0.2) is 24.1 Å². The highest BCUT2D eigenvalue weighted by Crippen LogP contribution is 2.24. The van der Waals surface area contributed by atoms with Crippen LogP contribution in [0.25, 0.3) is 0 Å². The predicted molar refractivity (Wildman–Crippen MR) is 67.9 cm³/mol. The van der Waals surface area contributed by atoms with Crippen LogP contribution in [0, 0.1) is 0 Å². The summed E-state index contributed by atoms with van der Waals surface area (Å²) in [5, 5.41) is 0.671. The van der Waals surface area contributed by atoms with Gasteiger partial charge in [-0.1, -0.05) is 24.4 Å². The Labute approximate surface area is 102 Å². The number of aromatic nitrogens is 1. The molecule has 1 aliphatic carbocycles. The molecule has 3 nitrogen and oxygen atoms in total. The molecule has 0 radical (unpaired) electrons. The number of likely N-dealkylation sites (N-methyl/N-ethyl adjacent to an activating group) is 1. The molecule has 1 aliphatic rings. The van der Waals surface area contributed by atoms with Crippen LogP contribution in [0.2, 0.25) is 5.02 Å². The van der Waals surface area contributed by atoms with Crippen LogP contribution in [0.3, 0.4) is 0 Å². The number of pyridine rings is 1. The van der Waals surface area contributed by atoms with E-state index in [4.69, 9.17) is 17.3 Å². The van der Waals surface area contributed by atoms with E-state index in [-0.39, 0.29) is 6.04 Å². The maximum Gasteiger partial charge on any atom is 0.128 e. The van der Waals surface area contributed by atoms with Crippen molar-refractivity contribution >= 4 is 17.4 Å². The molecule has 0 saturated heterocycles. The van der Waals surface area contributed by atoms with E-state index in [9.17, 15) is 0 Å². The van der Waals surface area contributed by atoms with Gasteiger partial charge in [0.05, 0.1) is 5.02 Å². The molecule has 0 amide bonds. The number of hydrogen-bond acceptors (Lipinski definition) is 3. The molecule has 16 heavy (non-hydrogen) atoms. The topological polar surface area (TPSA) is 42.2 Å². The Morgan fingerprint density at radius 3 is 2.75 bits per heavy atom. The number of hydrogen-bond donors (Lipinski definition) is 1. The zero-order valence-electron chi connectivity index (χ0n) is 9.56. The van der Waals surface area contributed by atoms with Gasteiger partial charge in [-0.15, -0.1) is 0 Å². The highest BCUT2D eigenvalue weighted by molar-refractivity contribution is 6.30. The average Bonchev–Trinajstić information content (AvgIpc) is 2.30. The first-order valence-electron chi connectivity index (χ1n) is 5.78. The van der Waals surface area contributed by atoms with E-state index < -0.39 is 0 Å². The Bertz CT molecular complexity index is 339.